The number of aromatic nitrogens is 2. The van der Waals surface area contributed by atoms with Gasteiger partial charge in [0.05, 0.1) is 22.5 Å². The number of halogens is 1. The van der Waals surface area contributed by atoms with Gasteiger partial charge in [0.15, 0.2) is 0 Å². The van der Waals surface area contributed by atoms with Gasteiger partial charge < -0.3 is 10.5 Å². The monoisotopic (exact) mass is 351 g/mol. The van der Waals surface area contributed by atoms with E-state index in [2.05, 4.69) is 28.0 Å². The van der Waals surface area contributed by atoms with Gasteiger partial charge in [0.1, 0.15) is 5.75 Å². The van der Waals surface area contributed by atoms with Crippen molar-refractivity contribution in [3.05, 3.63) is 45.7 Å². The first-order valence-electron chi connectivity index (χ1n) is 7.25. The molecule has 1 unspecified atom stereocenters. The van der Waals surface area contributed by atoms with Crippen LogP contribution >= 0.6 is 15.9 Å². The molecule has 0 aliphatic rings. The molecule has 1 heterocycles. The lowest BCUT2D eigenvalue weighted by Crippen LogP contribution is -2.15. The van der Waals surface area contributed by atoms with Crippen LogP contribution in [0.15, 0.2) is 28.7 Å². The molecule has 0 aliphatic carbocycles. The maximum Gasteiger partial charge on any atom is 0.119 e. The zero-order valence-corrected chi connectivity index (χ0v) is 14.4. The topological polar surface area (TPSA) is 53.1 Å². The maximum atomic E-state index is 6.36. The molecule has 21 heavy (non-hydrogen) atoms. The van der Waals surface area contributed by atoms with Gasteiger partial charge in [-0.05, 0) is 47.0 Å². The highest BCUT2D eigenvalue weighted by Gasteiger charge is 2.16. The Hall–Kier alpha value is -1.33. The Morgan fingerprint density at radius 2 is 2.14 bits per heavy atom. The van der Waals surface area contributed by atoms with E-state index >= 15 is 0 Å². The molecule has 2 aromatic rings. The summed E-state index contributed by atoms with van der Waals surface area (Å²) in [6.45, 7) is 4.74. The standard InChI is InChI=1S/C16H22BrN3O/c1-4-14-16(17)15(20(3)19-14)10-13(18)11-7-6-8-12(9-11)21-5-2/h6-9,13H,4-5,10,18H2,1-3H3. The van der Waals surface area contributed by atoms with E-state index in [0.29, 0.717) is 6.61 Å². The van der Waals surface area contributed by atoms with Crippen LogP contribution < -0.4 is 10.5 Å². The third-order valence-corrected chi connectivity index (χ3v) is 4.43. The highest BCUT2D eigenvalue weighted by molar-refractivity contribution is 9.10. The molecule has 1 atom stereocenters. The van der Waals surface area contributed by atoms with Crippen LogP contribution in [-0.4, -0.2) is 16.4 Å². The number of ether oxygens (including phenoxy) is 1. The first-order valence-corrected chi connectivity index (χ1v) is 8.04. The van der Waals surface area contributed by atoms with Gasteiger partial charge in [0.2, 0.25) is 0 Å². The second kappa shape index (κ2) is 7.09. The van der Waals surface area contributed by atoms with E-state index in [1.54, 1.807) is 0 Å². The van der Waals surface area contributed by atoms with Crippen molar-refractivity contribution in [3.8, 4) is 5.75 Å². The van der Waals surface area contributed by atoms with E-state index in [4.69, 9.17) is 10.5 Å². The molecular formula is C16H22BrN3O. The fourth-order valence-electron chi connectivity index (χ4n) is 2.37. The van der Waals surface area contributed by atoms with Crippen LogP contribution in [0.5, 0.6) is 5.75 Å². The molecule has 2 rings (SSSR count). The molecule has 1 aromatic carbocycles. The van der Waals surface area contributed by atoms with E-state index in [1.807, 2.05) is 42.9 Å². The first kappa shape index (κ1) is 16.0. The minimum absolute atomic E-state index is 0.0817. The summed E-state index contributed by atoms with van der Waals surface area (Å²) in [5, 5.41) is 4.51. The maximum absolute atomic E-state index is 6.36. The molecular weight excluding hydrogens is 330 g/mol. The minimum atomic E-state index is -0.0817. The van der Waals surface area contributed by atoms with E-state index in [1.165, 1.54) is 0 Å². The Balaban J connectivity index is 2.19. The summed E-state index contributed by atoms with van der Waals surface area (Å²) in [7, 11) is 1.96. The molecule has 0 amide bonds. The fraction of sp³-hybridized carbons (Fsp3) is 0.438. The van der Waals surface area contributed by atoms with Crippen molar-refractivity contribution >= 4 is 15.9 Å². The molecule has 0 radical (unpaired) electrons. The van der Waals surface area contributed by atoms with Gasteiger partial charge in [-0.15, -0.1) is 0 Å². The van der Waals surface area contributed by atoms with Crippen molar-refractivity contribution in [2.75, 3.05) is 6.61 Å². The number of rotatable bonds is 6. The quantitative estimate of drug-likeness (QED) is 0.867. The van der Waals surface area contributed by atoms with E-state index in [-0.39, 0.29) is 6.04 Å². The van der Waals surface area contributed by atoms with Crippen molar-refractivity contribution in [3.63, 3.8) is 0 Å². The molecule has 0 saturated carbocycles. The normalized spacial score (nSPS) is 12.4. The Labute approximate surface area is 134 Å². The molecule has 0 saturated heterocycles. The third-order valence-electron chi connectivity index (χ3n) is 3.51. The first-order chi connectivity index (χ1) is 10.1. The second-order valence-electron chi connectivity index (χ2n) is 5.00. The van der Waals surface area contributed by atoms with Gasteiger partial charge in [0, 0.05) is 19.5 Å². The van der Waals surface area contributed by atoms with Gasteiger partial charge >= 0.3 is 0 Å². The predicted molar refractivity (Wildman–Crippen MR) is 88.5 cm³/mol. The summed E-state index contributed by atoms with van der Waals surface area (Å²) in [6, 6.07) is 7.91. The molecule has 0 bridgehead atoms. The van der Waals surface area contributed by atoms with E-state index in [9.17, 15) is 0 Å². The van der Waals surface area contributed by atoms with Crippen molar-refractivity contribution in [1.82, 2.24) is 9.78 Å². The summed E-state index contributed by atoms with van der Waals surface area (Å²) in [4.78, 5) is 0. The molecule has 4 nitrogen and oxygen atoms in total. The summed E-state index contributed by atoms with van der Waals surface area (Å²) in [6.07, 6.45) is 1.64. The SMILES string of the molecule is CCOc1cccc(C(N)Cc2c(Br)c(CC)nn2C)c1. The molecule has 5 heteroatoms. The Bertz CT molecular complexity index is 610. The van der Waals surface area contributed by atoms with Gasteiger partial charge in [-0.1, -0.05) is 19.1 Å². The minimum Gasteiger partial charge on any atom is -0.494 e. The van der Waals surface area contributed by atoms with Crippen molar-refractivity contribution < 1.29 is 4.74 Å². The highest BCUT2D eigenvalue weighted by atomic mass is 79.9. The summed E-state index contributed by atoms with van der Waals surface area (Å²) < 4.78 is 8.52. The second-order valence-corrected chi connectivity index (χ2v) is 5.79. The molecule has 114 valence electrons. The van der Waals surface area contributed by atoms with Crippen molar-refractivity contribution in [1.29, 1.82) is 0 Å². The van der Waals surface area contributed by atoms with Gasteiger partial charge in [-0.25, -0.2) is 0 Å². The Morgan fingerprint density at radius 3 is 2.76 bits per heavy atom. The summed E-state index contributed by atoms with van der Waals surface area (Å²) >= 11 is 3.64. The lowest BCUT2D eigenvalue weighted by atomic mass is 10.0. The Kier molecular flexibility index (Phi) is 5.42. The van der Waals surface area contributed by atoms with Crippen LogP contribution in [0.1, 0.15) is 36.8 Å². The molecule has 0 spiro atoms. The number of benzene rings is 1. The molecule has 2 N–H and O–H groups in total. The van der Waals surface area contributed by atoms with Crippen LogP contribution in [0.25, 0.3) is 0 Å². The van der Waals surface area contributed by atoms with E-state index in [0.717, 1.165) is 40.0 Å². The fourth-order valence-corrected chi connectivity index (χ4v) is 3.15. The Morgan fingerprint density at radius 1 is 1.38 bits per heavy atom. The largest absolute Gasteiger partial charge is 0.494 e. The smallest absolute Gasteiger partial charge is 0.119 e. The summed E-state index contributed by atoms with van der Waals surface area (Å²) in [5.41, 5.74) is 9.64. The van der Waals surface area contributed by atoms with Crippen LogP contribution in [0.2, 0.25) is 0 Å². The van der Waals surface area contributed by atoms with Crippen LogP contribution in [0, 0.1) is 0 Å². The van der Waals surface area contributed by atoms with Crippen LogP contribution in [0.4, 0.5) is 0 Å². The van der Waals surface area contributed by atoms with Gasteiger partial charge in [0.25, 0.3) is 0 Å². The highest BCUT2D eigenvalue weighted by Crippen LogP contribution is 2.27. The van der Waals surface area contributed by atoms with Crippen molar-refractivity contribution in [2.45, 2.75) is 32.7 Å². The van der Waals surface area contributed by atoms with Crippen molar-refractivity contribution in [2.24, 2.45) is 12.8 Å². The van der Waals surface area contributed by atoms with Crippen LogP contribution in [0.3, 0.4) is 0 Å². The molecule has 0 aliphatic heterocycles. The number of nitrogens with zero attached hydrogens (tertiary/aromatic N) is 2. The number of hydrogen-bond acceptors (Lipinski definition) is 3. The zero-order chi connectivity index (χ0) is 15.4. The lowest BCUT2D eigenvalue weighted by Gasteiger charge is -2.14. The average Bonchev–Trinajstić information content (AvgIpc) is 2.75. The van der Waals surface area contributed by atoms with Gasteiger partial charge in [-0.2, -0.15) is 5.10 Å². The average molecular weight is 352 g/mol. The van der Waals surface area contributed by atoms with Gasteiger partial charge in [-0.3, -0.25) is 4.68 Å². The predicted octanol–water partition coefficient (Wildman–Crippen LogP) is 3.39. The van der Waals surface area contributed by atoms with E-state index < -0.39 is 0 Å². The number of nitrogens with two attached hydrogens (primary N) is 1. The summed E-state index contributed by atoms with van der Waals surface area (Å²) in [5.74, 6) is 0.865. The number of aryl methyl sites for hydroxylation is 2. The molecule has 1 aromatic heterocycles. The lowest BCUT2D eigenvalue weighted by molar-refractivity contribution is 0.339. The zero-order valence-electron chi connectivity index (χ0n) is 12.8. The van der Waals surface area contributed by atoms with Crippen LogP contribution in [-0.2, 0) is 19.9 Å². The molecule has 0 fully saturated rings. The number of hydrogen-bond donors (Lipinski definition) is 1. The third kappa shape index (κ3) is 3.66.